The van der Waals surface area contributed by atoms with Crippen molar-refractivity contribution in [2.45, 2.75) is 18.9 Å². The number of amides is 1. The third-order valence-electron chi connectivity index (χ3n) is 4.62. The van der Waals surface area contributed by atoms with Gasteiger partial charge in [0.1, 0.15) is 17.2 Å². The molecule has 0 unspecified atom stereocenters. The number of hydrogen-bond donors (Lipinski definition) is 0. The van der Waals surface area contributed by atoms with Crippen molar-refractivity contribution in [2.24, 2.45) is 0 Å². The predicted molar refractivity (Wildman–Crippen MR) is 111 cm³/mol. The number of rotatable bonds is 6. The van der Waals surface area contributed by atoms with Crippen LogP contribution in [0.3, 0.4) is 0 Å². The van der Waals surface area contributed by atoms with Crippen LogP contribution in [0.4, 0.5) is 0 Å². The number of hydrogen-bond acceptors (Lipinski definition) is 4. The molecule has 1 fully saturated rings. The Balaban J connectivity index is 1.73. The summed E-state index contributed by atoms with van der Waals surface area (Å²) in [6.45, 7) is 0.707. The molecule has 0 bridgehead atoms. The summed E-state index contributed by atoms with van der Waals surface area (Å²) in [5.41, 5.74) is 0.994. The normalized spacial score (nSPS) is 16.3. The Bertz CT molecular complexity index is 828. The molecule has 0 saturated carbocycles. The fourth-order valence-corrected chi connectivity index (χ4v) is 4.46. The largest absolute Gasteiger partial charge is 0.497 e. The van der Waals surface area contributed by atoms with E-state index in [4.69, 9.17) is 14.2 Å². The lowest BCUT2D eigenvalue weighted by Crippen LogP contribution is -2.34. The van der Waals surface area contributed by atoms with Crippen LogP contribution < -0.4 is 14.2 Å². The molecular weight excluding hydrogens is 478 g/mol. The summed E-state index contributed by atoms with van der Waals surface area (Å²) >= 11 is 6.86. The molecule has 144 valence electrons. The summed E-state index contributed by atoms with van der Waals surface area (Å²) in [4.78, 5) is 14.7. The molecule has 1 aliphatic heterocycles. The molecule has 1 saturated heterocycles. The number of ether oxygens (including phenoxy) is 3. The maximum absolute atomic E-state index is 12.8. The second-order valence-corrected chi connectivity index (χ2v) is 7.99. The Morgan fingerprint density at radius 2 is 1.93 bits per heavy atom. The van der Waals surface area contributed by atoms with E-state index in [0.29, 0.717) is 12.3 Å². The van der Waals surface area contributed by atoms with Gasteiger partial charge in [0.05, 0.1) is 24.7 Å². The molecule has 3 rings (SSSR count). The molecule has 2 aromatic carbocycles. The van der Waals surface area contributed by atoms with Gasteiger partial charge >= 0.3 is 0 Å². The predicted octanol–water partition coefficient (Wildman–Crippen LogP) is 4.97. The Morgan fingerprint density at radius 1 is 1.11 bits per heavy atom. The first-order chi connectivity index (χ1) is 13.0. The summed E-state index contributed by atoms with van der Waals surface area (Å²) in [6.07, 6.45) is 1.85. The van der Waals surface area contributed by atoms with Gasteiger partial charge in [-0.2, -0.15) is 0 Å². The highest BCUT2D eigenvalue weighted by Gasteiger charge is 2.32. The van der Waals surface area contributed by atoms with Crippen molar-refractivity contribution in [3.8, 4) is 17.2 Å². The van der Waals surface area contributed by atoms with E-state index in [1.807, 2.05) is 41.3 Å². The van der Waals surface area contributed by atoms with E-state index in [9.17, 15) is 4.79 Å². The Morgan fingerprint density at radius 3 is 2.63 bits per heavy atom. The van der Waals surface area contributed by atoms with Crippen LogP contribution >= 0.6 is 31.9 Å². The summed E-state index contributed by atoms with van der Waals surface area (Å²) in [6, 6.07) is 11.3. The average Bonchev–Trinajstić information content (AvgIpc) is 3.16. The second kappa shape index (κ2) is 8.97. The van der Waals surface area contributed by atoms with E-state index in [2.05, 4.69) is 31.9 Å². The summed E-state index contributed by atoms with van der Waals surface area (Å²) in [5, 5.41) is 0. The van der Waals surface area contributed by atoms with E-state index < -0.39 is 0 Å². The van der Waals surface area contributed by atoms with Crippen molar-refractivity contribution in [1.29, 1.82) is 0 Å². The maximum Gasteiger partial charge on any atom is 0.261 e. The number of carbonyl (C=O) groups is 1. The number of halogens is 2. The Kier molecular flexibility index (Phi) is 6.65. The minimum absolute atomic E-state index is 0.00476. The first-order valence-electron chi connectivity index (χ1n) is 8.62. The molecule has 0 radical (unpaired) electrons. The first-order valence-corrected chi connectivity index (χ1v) is 10.2. The van der Waals surface area contributed by atoms with E-state index in [1.165, 1.54) is 0 Å². The quantitative estimate of drug-likeness (QED) is 0.564. The molecule has 1 amide bonds. The highest BCUT2D eigenvalue weighted by Crippen LogP contribution is 2.39. The summed E-state index contributed by atoms with van der Waals surface area (Å²) < 4.78 is 18.3. The standard InChI is InChI=1S/C20H21Br2NO4/c1-25-14-6-7-15(19(11-14)26-2)17-4-3-9-23(17)20(24)12-27-18-8-5-13(21)10-16(18)22/h5-8,10-11,17H,3-4,9,12H2,1-2H3/t17-/m1/s1. The van der Waals surface area contributed by atoms with Gasteiger partial charge < -0.3 is 19.1 Å². The smallest absolute Gasteiger partial charge is 0.261 e. The topological polar surface area (TPSA) is 48.0 Å². The van der Waals surface area contributed by atoms with Crippen LogP contribution in [0.1, 0.15) is 24.4 Å². The molecule has 0 aliphatic carbocycles. The molecule has 7 heteroatoms. The number of benzene rings is 2. The van der Waals surface area contributed by atoms with Gasteiger partial charge in [-0.25, -0.2) is 0 Å². The Labute approximate surface area is 175 Å². The first kappa shape index (κ1) is 20.0. The van der Waals surface area contributed by atoms with Crippen molar-refractivity contribution >= 4 is 37.8 Å². The fourth-order valence-electron chi connectivity index (χ4n) is 3.30. The number of carbonyl (C=O) groups excluding carboxylic acids is 1. The van der Waals surface area contributed by atoms with E-state index in [-0.39, 0.29) is 18.6 Å². The molecule has 27 heavy (non-hydrogen) atoms. The van der Waals surface area contributed by atoms with Gasteiger partial charge in [-0.3, -0.25) is 4.79 Å². The molecule has 5 nitrogen and oxygen atoms in total. The zero-order valence-electron chi connectivity index (χ0n) is 15.2. The van der Waals surface area contributed by atoms with Gasteiger partial charge in [-0.1, -0.05) is 15.9 Å². The van der Waals surface area contributed by atoms with Crippen molar-refractivity contribution in [3.63, 3.8) is 0 Å². The summed E-state index contributed by atoms with van der Waals surface area (Å²) in [7, 11) is 3.25. The lowest BCUT2D eigenvalue weighted by Gasteiger charge is -2.26. The van der Waals surface area contributed by atoms with Crippen LogP contribution in [0, 0.1) is 0 Å². The molecule has 0 spiro atoms. The van der Waals surface area contributed by atoms with Crippen LogP contribution in [-0.4, -0.2) is 38.2 Å². The monoisotopic (exact) mass is 497 g/mol. The van der Waals surface area contributed by atoms with Crippen LogP contribution in [0.5, 0.6) is 17.2 Å². The van der Waals surface area contributed by atoms with Gasteiger partial charge in [0.15, 0.2) is 6.61 Å². The van der Waals surface area contributed by atoms with E-state index in [0.717, 1.165) is 38.8 Å². The summed E-state index contributed by atoms with van der Waals surface area (Å²) in [5.74, 6) is 2.07. The fraction of sp³-hybridized carbons (Fsp3) is 0.350. The van der Waals surface area contributed by atoms with Gasteiger partial charge in [-0.05, 0) is 59.1 Å². The van der Waals surface area contributed by atoms with Crippen molar-refractivity contribution in [1.82, 2.24) is 4.90 Å². The molecule has 1 aliphatic rings. The number of likely N-dealkylation sites (tertiary alicyclic amines) is 1. The third kappa shape index (κ3) is 4.58. The molecule has 0 N–H and O–H groups in total. The van der Waals surface area contributed by atoms with E-state index in [1.54, 1.807) is 14.2 Å². The number of nitrogens with zero attached hydrogens (tertiary/aromatic N) is 1. The minimum atomic E-state index is -0.0369. The second-order valence-electron chi connectivity index (χ2n) is 6.22. The maximum atomic E-state index is 12.8. The molecule has 2 aromatic rings. The lowest BCUT2D eigenvalue weighted by atomic mass is 10.0. The van der Waals surface area contributed by atoms with Gasteiger partial charge in [-0.15, -0.1) is 0 Å². The van der Waals surface area contributed by atoms with Crippen LogP contribution in [0.2, 0.25) is 0 Å². The van der Waals surface area contributed by atoms with Crippen LogP contribution in [0.15, 0.2) is 45.3 Å². The zero-order chi connectivity index (χ0) is 19.4. The highest BCUT2D eigenvalue weighted by molar-refractivity contribution is 9.11. The zero-order valence-corrected chi connectivity index (χ0v) is 18.4. The SMILES string of the molecule is COc1ccc([C@H]2CCCN2C(=O)COc2ccc(Br)cc2Br)c(OC)c1. The van der Waals surface area contributed by atoms with Gasteiger partial charge in [0, 0.05) is 22.6 Å². The van der Waals surface area contributed by atoms with Crippen molar-refractivity contribution < 1.29 is 19.0 Å². The average molecular weight is 499 g/mol. The molecular formula is C20H21Br2NO4. The van der Waals surface area contributed by atoms with Crippen molar-refractivity contribution in [2.75, 3.05) is 27.4 Å². The van der Waals surface area contributed by atoms with Crippen LogP contribution in [0.25, 0.3) is 0 Å². The lowest BCUT2D eigenvalue weighted by molar-refractivity contribution is -0.134. The van der Waals surface area contributed by atoms with Crippen LogP contribution in [-0.2, 0) is 4.79 Å². The molecule has 1 heterocycles. The number of methoxy groups -OCH3 is 2. The molecule has 0 aromatic heterocycles. The highest BCUT2D eigenvalue weighted by atomic mass is 79.9. The third-order valence-corrected chi connectivity index (χ3v) is 5.73. The molecule has 1 atom stereocenters. The Hall–Kier alpha value is -1.73. The minimum Gasteiger partial charge on any atom is -0.497 e. The van der Waals surface area contributed by atoms with Gasteiger partial charge in [0.2, 0.25) is 0 Å². The van der Waals surface area contributed by atoms with E-state index >= 15 is 0 Å². The van der Waals surface area contributed by atoms with Gasteiger partial charge in [0.25, 0.3) is 5.91 Å². The van der Waals surface area contributed by atoms with Crippen molar-refractivity contribution in [3.05, 3.63) is 50.9 Å².